The monoisotopic (exact) mass is 465 g/mol. The number of aromatic nitrogens is 2. The van der Waals surface area contributed by atoms with E-state index in [-0.39, 0.29) is 11.9 Å². The Kier molecular flexibility index (Phi) is 6.10. The molecule has 0 fully saturated rings. The third-order valence-electron chi connectivity index (χ3n) is 6.27. The summed E-state index contributed by atoms with van der Waals surface area (Å²) in [5, 5.41) is 5.52. The van der Waals surface area contributed by atoms with Gasteiger partial charge in [-0.3, -0.25) is 4.79 Å². The number of hydrogen-bond donors (Lipinski definition) is 1. The minimum absolute atomic E-state index is 0.206. The number of fused-ring (bicyclic) bond motifs is 2. The smallest absolute Gasteiger partial charge is 0.251 e. The fourth-order valence-electron chi connectivity index (χ4n) is 4.51. The molecule has 6 heteroatoms. The maximum Gasteiger partial charge on any atom is 0.251 e. The Labute approximate surface area is 204 Å². The molecule has 0 spiro atoms. The second-order valence-corrected chi connectivity index (χ2v) is 8.45. The molecule has 0 radical (unpaired) electrons. The number of imidazole rings is 1. The van der Waals surface area contributed by atoms with E-state index in [1.807, 2.05) is 25.1 Å². The van der Waals surface area contributed by atoms with E-state index in [4.69, 9.17) is 14.5 Å². The third-order valence-corrected chi connectivity index (χ3v) is 6.27. The highest BCUT2D eigenvalue weighted by molar-refractivity contribution is 5.95. The van der Waals surface area contributed by atoms with Gasteiger partial charge in [0, 0.05) is 5.56 Å². The fourth-order valence-corrected chi connectivity index (χ4v) is 4.51. The molecule has 1 N–H and O–H groups in total. The average Bonchev–Trinajstić information content (AvgIpc) is 3.27. The van der Waals surface area contributed by atoms with E-state index in [0.29, 0.717) is 23.6 Å². The molecule has 0 saturated carbocycles. The quantitative estimate of drug-likeness (QED) is 0.333. The van der Waals surface area contributed by atoms with Crippen molar-refractivity contribution in [3.05, 3.63) is 102 Å². The zero-order valence-corrected chi connectivity index (χ0v) is 20.0. The van der Waals surface area contributed by atoms with Gasteiger partial charge >= 0.3 is 0 Å². The number of benzene rings is 4. The molecule has 0 aliphatic rings. The predicted molar refractivity (Wildman–Crippen MR) is 138 cm³/mol. The zero-order valence-electron chi connectivity index (χ0n) is 20.0. The van der Waals surface area contributed by atoms with E-state index >= 15 is 0 Å². The minimum atomic E-state index is -0.321. The molecule has 6 nitrogen and oxygen atoms in total. The second-order valence-electron chi connectivity index (χ2n) is 8.45. The first-order valence-corrected chi connectivity index (χ1v) is 11.5. The first-order chi connectivity index (χ1) is 17.1. The summed E-state index contributed by atoms with van der Waals surface area (Å²) in [6.45, 7) is 2.60. The van der Waals surface area contributed by atoms with Crippen molar-refractivity contribution >= 4 is 27.7 Å². The Bertz CT molecular complexity index is 1520. The van der Waals surface area contributed by atoms with Crippen molar-refractivity contribution in [1.82, 2.24) is 14.9 Å². The Morgan fingerprint density at radius 2 is 1.66 bits per heavy atom. The topological polar surface area (TPSA) is 65.4 Å². The lowest BCUT2D eigenvalue weighted by Gasteiger charge is -2.18. The van der Waals surface area contributed by atoms with Gasteiger partial charge in [-0.25, -0.2) is 4.98 Å². The average molecular weight is 466 g/mol. The summed E-state index contributed by atoms with van der Waals surface area (Å²) >= 11 is 0. The molecule has 5 aromatic rings. The number of rotatable bonds is 7. The first kappa shape index (κ1) is 22.5. The number of ether oxygens (including phenoxy) is 2. The maximum absolute atomic E-state index is 13.1. The summed E-state index contributed by atoms with van der Waals surface area (Å²) in [6.07, 6.45) is 0. The van der Waals surface area contributed by atoms with Crippen molar-refractivity contribution in [2.75, 3.05) is 14.2 Å². The van der Waals surface area contributed by atoms with Crippen LogP contribution in [0.2, 0.25) is 0 Å². The number of methoxy groups -OCH3 is 2. The van der Waals surface area contributed by atoms with Crippen LogP contribution in [0.1, 0.15) is 34.7 Å². The number of para-hydroxylation sites is 2. The van der Waals surface area contributed by atoms with Crippen LogP contribution in [-0.4, -0.2) is 29.7 Å². The first-order valence-electron chi connectivity index (χ1n) is 11.5. The molecule has 4 aromatic carbocycles. The fraction of sp³-hybridized carbons (Fsp3) is 0.172. The molecule has 176 valence electrons. The standard InChI is InChI=1S/C29H27N3O3/c1-19(30-29(33)21-15-16-26(34-2)27(17-21)35-3)28-31-24-13-6-7-14-25(24)32(28)18-22-11-8-10-20-9-4-5-12-23(20)22/h4-17,19H,18H2,1-3H3,(H,30,33). The summed E-state index contributed by atoms with van der Waals surface area (Å²) in [5.41, 5.74) is 3.62. The molecular formula is C29H27N3O3. The zero-order chi connectivity index (χ0) is 24.4. The van der Waals surface area contributed by atoms with Crippen LogP contribution in [0.4, 0.5) is 0 Å². The molecule has 0 saturated heterocycles. The number of amides is 1. The molecule has 0 bridgehead atoms. The predicted octanol–water partition coefficient (Wildman–Crippen LogP) is 5.75. The van der Waals surface area contributed by atoms with Gasteiger partial charge in [-0.15, -0.1) is 0 Å². The van der Waals surface area contributed by atoms with Crippen molar-refractivity contribution in [3.63, 3.8) is 0 Å². The van der Waals surface area contributed by atoms with E-state index < -0.39 is 0 Å². The Balaban J connectivity index is 1.50. The third kappa shape index (κ3) is 4.30. The molecule has 0 aliphatic heterocycles. The van der Waals surface area contributed by atoms with Crippen LogP contribution in [0.25, 0.3) is 21.8 Å². The molecule has 1 amide bonds. The van der Waals surface area contributed by atoms with E-state index in [1.54, 1.807) is 32.4 Å². The van der Waals surface area contributed by atoms with Crippen LogP contribution in [0.15, 0.2) is 84.9 Å². The van der Waals surface area contributed by atoms with Crippen molar-refractivity contribution < 1.29 is 14.3 Å². The number of carbonyl (C=O) groups excluding carboxylic acids is 1. The van der Waals surface area contributed by atoms with Crippen LogP contribution in [0, 0.1) is 0 Å². The van der Waals surface area contributed by atoms with E-state index in [2.05, 4.69) is 58.4 Å². The highest BCUT2D eigenvalue weighted by atomic mass is 16.5. The normalized spacial score (nSPS) is 12.0. The summed E-state index contributed by atoms with van der Waals surface area (Å²) in [5.74, 6) is 1.68. The number of nitrogens with zero attached hydrogens (tertiary/aromatic N) is 2. The van der Waals surface area contributed by atoms with Crippen LogP contribution >= 0.6 is 0 Å². The SMILES string of the molecule is COc1ccc(C(=O)NC(C)c2nc3ccccc3n2Cc2cccc3ccccc23)cc1OC. The maximum atomic E-state index is 13.1. The molecule has 1 heterocycles. The largest absolute Gasteiger partial charge is 0.493 e. The van der Waals surface area contributed by atoms with Gasteiger partial charge in [-0.05, 0) is 53.6 Å². The lowest BCUT2D eigenvalue weighted by atomic mass is 10.0. The lowest BCUT2D eigenvalue weighted by molar-refractivity contribution is 0.0937. The molecule has 1 unspecified atom stereocenters. The highest BCUT2D eigenvalue weighted by Gasteiger charge is 2.20. The van der Waals surface area contributed by atoms with Gasteiger partial charge in [-0.2, -0.15) is 0 Å². The van der Waals surface area contributed by atoms with Gasteiger partial charge in [-0.1, -0.05) is 54.6 Å². The molecule has 35 heavy (non-hydrogen) atoms. The summed E-state index contributed by atoms with van der Waals surface area (Å²) in [4.78, 5) is 18.0. The van der Waals surface area contributed by atoms with Gasteiger partial charge in [0.15, 0.2) is 11.5 Å². The number of carbonyl (C=O) groups is 1. The molecule has 1 aromatic heterocycles. The molecule has 5 rings (SSSR count). The number of nitrogens with one attached hydrogen (secondary N) is 1. The van der Waals surface area contributed by atoms with Crippen molar-refractivity contribution in [3.8, 4) is 11.5 Å². The van der Waals surface area contributed by atoms with Crippen LogP contribution < -0.4 is 14.8 Å². The van der Waals surface area contributed by atoms with Gasteiger partial charge < -0.3 is 19.4 Å². The Morgan fingerprint density at radius 3 is 2.49 bits per heavy atom. The lowest BCUT2D eigenvalue weighted by Crippen LogP contribution is -2.29. The molecule has 0 aliphatic carbocycles. The van der Waals surface area contributed by atoms with E-state index in [0.717, 1.165) is 16.9 Å². The second kappa shape index (κ2) is 9.50. The van der Waals surface area contributed by atoms with Gasteiger partial charge in [0.2, 0.25) is 0 Å². The van der Waals surface area contributed by atoms with Gasteiger partial charge in [0.05, 0.1) is 37.8 Å². The van der Waals surface area contributed by atoms with E-state index in [1.165, 1.54) is 16.3 Å². The van der Waals surface area contributed by atoms with Crippen molar-refractivity contribution in [2.45, 2.75) is 19.5 Å². The summed E-state index contributed by atoms with van der Waals surface area (Å²) in [7, 11) is 3.12. The number of hydrogen-bond acceptors (Lipinski definition) is 4. The minimum Gasteiger partial charge on any atom is -0.493 e. The molecule has 1 atom stereocenters. The summed E-state index contributed by atoms with van der Waals surface area (Å²) < 4.78 is 12.8. The molecular weight excluding hydrogens is 438 g/mol. The van der Waals surface area contributed by atoms with Crippen molar-refractivity contribution in [2.24, 2.45) is 0 Å². The van der Waals surface area contributed by atoms with Gasteiger partial charge in [0.25, 0.3) is 5.91 Å². The Hall–Kier alpha value is -4.32. The van der Waals surface area contributed by atoms with Crippen LogP contribution in [0.3, 0.4) is 0 Å². The van der Waals surface area contributed by atoms with Gasteiger partial charge in [0.1, 0.15) is 5.82 Å². The Morgan fingerprint density at radius 1 is 0.914 bits per heavy atom. The highest BCUT2D eigenvalue weighted by Crippen LogP contribution is 2.29. The van der Waals surface area contributed by atoms with Crippen molar-refractivity contribution in [1.29, 1.82) is 0 Å². The summed E-state index contributed by atoms with van der Waals surface area (Å²) in [6, 6.07) is 27.6. The van der Waals surface area contributed by atoms with Crippen LogP contribution in [0.5, 0.6) is 11.5 Å². The van der Waals surface area contributed by atoms with Crippen LogP contribution in [-0.2, 0) is 6.54 Å². The van der Waals surface area contributed by atoms with E-state index in [9.17, 15) is 4.79 Å².